The molecule has 3 aromatic rings. The summed E-state index contributed by atoms with van der Waals surface area (Å²) in [4.78, 5) is 4.55. The SMILES string of the molecule is Cc1cc(-c2ccccc2)nc(=S)n1-c1ccc(Cl)cc1. The fraction of sp³-hybridized carbons (Fsp3) is 0.0588. The maximum absolute atomic E-state index is 5.93. The third kappa shape index (κ3) is 2.89. The molecule has 0 saturated carbocycles. The van der Waals surface area contributed by atoms with Gasteiger partial charge in [0.1, 0.15) is 0 Å². The summed E-state index contributed by atoms with van der Waals surface area (Å²) in [6.07, 6.45) is 0. The number of aromatic nitrogens is 2. The topological polar surface area (TPSA) is 17.8 Å². The predicted octanol–water partition coefficient (Wildman–Crippen LogP) is 5.23. The molecular weight excluding hydrogens is 300 g/mol. The van der Waals surface area contributed by atoms with Gasteiger partial charge in [-0.05, 0) is 49.5 Å². The molecule has 104 valence electrons. The van der Waals surface area contributed by atoms with Crippen molar-refractivity contribution < 1.29 is 0 Å². The van der Waals surface area contributed by atoms with Gasteiger partial charge >= 0.3 is 0 Å². The number of benzene rings is 2. The summed E-state index contributed by atoms with van der Waals surface area (Å²) in [6.45, 7) is 2.03. The van der Waals surface area contributed by atoms with Gasteiger partial charge in [-0.2, -0.15) is 0 Å². The number of hydrogen-bond acceptors (Lipinski definition) is 2. The van der Waals surface area contributed by atoms with Crippen LogP contribution >= 0.6 is 23.8 Å². The maximum atomic E-state index is 5.93. The van der Waals surface area contributed by atoms with E-state index in [-0.39, 0.29) is 0 Å². The second-order valence-electron chi connectivity index (χ2n) is 4.74. The van der Waals surface area contributed by atoms with Crippen LogP contribution < -0.4 is 0 Å². The lowest BCUT2D eigenvalue weighted by atomic mass is 10.1. The quantitative estimate of drug-likeness (QED) is 0.603. The van der Waals surface area contributed by atoms with Gasteiger partial charge < -0.3 is 0 Å². The van der Waals surface area contributed by atoms with Crippen molar-refractivity contribution in [3.8, 4) is 16.9 Å². The Bertz CT molecular complexity index is 824. The van der Waals surface area contributed by atoms with Crippen LogP contribution in [0.25, 0.3) is 16.9 Å². The van der Waals surface area contributed by atoms with E-state index < -0.39 is 0 Å². The van der Waals surface area contributed by atoms with E-state index in [2.05, 4.69) is 4.98 Å². The molecule has 1 heterocycles. The first-order chi connectivity index (χ1) is 10.1. The summed E-state index contributed by atoms with van der Waals surface area (Å²) >= 11 is 11.4. The highest BCUT2D eigenvalue weighted by Gasteiger charge is 2.06. The van der Waals surface area contributed by atoms with Crippen molar-refractivity contribution in [3.63, 3.8) is 0 Å². The van der Waals surface area contributed by atoms with E-state index in [0.717, 1.165) is 22.6 Å². The number of rotatable bonds is 2. The van der Waals surface area contributed by atoms with Crippen LogP contribution in [0.15, 0.2) is 60.7 Å². The van der Waals surface area contributed by atoms with Crippen molar-refractivity contribution >= 4 is 23.8 Å². The molecule has 0 N–H and O–H groups in total. The first-order valence-electron chi connectivity index (χ1n) is 6.57. The second kappa shape index (κ2) is 5.80. The molecule has 0 radical (unpaired) electrons. The van der Waals surface area contributed by atoms with Gasteiger partial charge in [0.2, 0.25) is 4.77 Å². The highest BCUT2D eigenvalue weighted by molar-refractivity contribution is 7.71. The van der Waals surface area contributed by atoms with Crippen molar-refractivity contribution in [1.82, 2.24) is 9.55 Å². The van der Waals surface area contributed by atoms with Crippen molar-refractivity contribution in [2.45, 2.75) is 6.92 Å². The fourth-order valence-corrected chi connectivity index (χ4v) is 2.73. The summed E-state index contributed by atoms with van der Waals surface area (Å²) in [5.41, 5.74) is 3.96. The molecule has 21 heavy (non-hydrogen) atoms. The monoisotopic (exact) mass is 312 g/mol. The molecule has 0 unspecified atom stereocenters. The first kappa shape index (κ1) is 14.0. The summed E-state index contributed by atoms with van der Waals surface area (Å²) in [7, 11) is 0. The van der Waals surface area contributed by atoms with Crippen molar-refractivity contribution in [2.75, 3.05) is 0 Å². The van der Waals surface area contributed by atoms with Crippen LogP contribution in [-0.2, 0) is 0 Å². The number of hydrogen-bond donors (Lipinski definition) is 0. The van der Waals surface area contributed by atoms with Crippen LogP contribution in [-0.4, -0.2) is 9.55 Å². The van der Waals surface area contributed by atoms with Gasteiger partial charge in [-0.25, -0.2) is 4.98 Å². The summed E-state index contributed by atoms with van der Waals surface area (Å²) in [6, 6.07) is 19.7. The summed E-state index contributed by atoms with van der Waals surface area (Å²) in [5, 5.41) is 0.705. The highest BCUT2D eigenvalue weighted by Crippen LogP contribution is 2.21. The molecule has 4 heteroatoms. The van der Waals surface area contributed by atoms with Crippen LogP contribution in [0.2, 0.25) is 5.02 Å². The van der Waals surface area contributed by atoms with Crippen LogP contribution in [0.3, 0.4) is 0 Å². The zero-order valence-electron chi connectivity index (χ0n) is 11.5. The van der Waals surface area contributed by atoms with Gasteiger partial charge in [0.25, 0.3) is 0 Å². The van der Waals surface area contributed by atoms with Gasteiger partial charge in [0, 0.05) is 22.0 Å². The lowest BCUT2D eigenvalue weighted by Crippen LogP contribution is -2.04. The molecule has 0 aliphatic rings. The molecule has 0 amide bonds. The fourth-order valence-electron chi connectivity index (χ4n) is 2.26. The van der Waals surface area contributed by atoms with Crippen molar-refractivity contribution in [2.24, 2.45) is 0 Å². The molecule has 0 fully saturated rings. The summed E-state index contributed by atoms with van der Waals surface area (Å²) in [5.74, 6) is 0. The van der Waals surface area contributed by atoms with Gasteiger partial charge in [-0.3, -0.25) is 4.57 Å². The average Bonchev–Trinajstić information content (AvgIpc) is 2.49. The van der Waals surface area contributed by atoms with Gasteiger partial charge in [-0.1, -0.05) is 41.9 Å². The van der Waals surface area contributed by atoms with E-state index in [1.807, 2.05) is 72.2 Å². The Morgan fingerprint density at radius 1 is 1.00 bits per heavy atom. The molecule has 2 aromatic carbocycles. The molecule has 2 nitrogen and oxygen atoms in total. The minimum atomic E-state index is 0.538. The minimum Gasteiger partial charge on any atom is -0.290 e. The van der Waals surface area contributed by atoms with Crippen LogP contribution in [0.5, 0.6) is 0 Å². The smallest absolute Gasteiger partial charge is 0.204 e. The number of aryl methyl sites for hydroxylation is 1. The Balaban J connectivity index is 2.13. The standard InChI is InChI=1S/C17H13ClN2S/c1-12-11-16(13-5-3-2-4-6-13)19-17(21)20(12)15-9-7-14(18)8-10-15/h2-11H,1H3. The van der Waals surface area contributed by atoms with Crippen LogP contribution in [0.1, 0.15) is 5.69 Å². The Hall–Kier alpha value is -1.97. The predicted molar refractivity (Wildman–Crippen MR) is 89.6 cm³/mol. The zero-order chi connectivity index (χ0) is 14.8. The van der Waals surface area contributed by atoms with Crippen molar-refractivity contribution in [1.29, 1.82) is 0 Å². The molecular formula is C17H13ClN2S. The normalized spacial score (nSPS) is 10.6. The Kier molecular flexibility index (Phi) is 3.86. The van der Waals surface area contributed by atoms with Gasteiger partial charge in [0.15, 0.2) is 0 Å². The zero-order valence-corrected chi connectivity index (χ0v) is 13.0. The highest BCUT2D eigenvalue weighted by atomic mass is 35.5. The van der Waals surface area contributed by atoms with E-state index >= 15 is 0 Å². The van der Waals surface area contributed by atoms with Crippen LogP contribution in [0.4, 0.5) is 0 Å². The minimum absolute atomic E-state index is 0.538. The molecule has 0 aliphatic carbocycles. The maximum Gasteiger partial charge on any atom is 0.204 e. The first-order valence-corrected chi connectivity index (χ1v) is 7.36. The van der Waals surface area contributed by atoms with E-state index in [1.165, 1.54) is 0 Å². The summed E-state index contributed by atoms with van der Waals surface area (Å²) < 4.78 is 2.48. The molecule has 0 saturated heterocycles. The second-order valence-corrected chi connectivity index (χ2v) is 5.54. The van der Waals surface area contributed by atoms with Crippen molar-refractivity contribution in [3.05, 3.63) is 76.2 Å². The molecule has 3 rings (SSSR count). The molecule has 0 bridgehead atoms. The molecule has 0 atom stereocenters. The Labute approximate surface area is 133 Å². The van der Waals surface area contributed by atoms with Gasteiger partial charge in [0.05, 0.1) is 5.69 Å². The third-order valence-corrected chi connectivity index (χ3v) is 3.79. The molecule has 0 aliphatic heterocycles. The van der Waals surface area contributed by atoms with E-state index in [1.54, 1.807) is 0 Å². The Morgan fingerprint density at radius 3 is 2.29 bits per heavy atom. The molecule has 0 spiro atoms. The number of halogens is 1. The van der Waals surface area contributed by atoms with E-state index in [9.17, 15) is 0 Å². The molecule has 1 aromatic heterocycles. The number of nitrogens with zero attached hydrogens (tertiary/aromatic N) is 2. The van der Waals surface area contributed by atoms with Crippen LogP contribution in [0, 0.1) is 11.7 Å². The lowest BCUT2D eigenvalue weighted by Gasteiger charge is -2.12. The average molecular weight is 313 g/mol. The van der Waals surface area contributed by atoms with Gasteiger partial charge in [-0.15, -0.1) is 0 Å². The largest absolute Gasteiger partial charge is 0.290 e. The third-order valence-electron chi connectivity index (χ3n) is 3.26. The van der Waals surface area contributed by atoms with E-state index in [0.29, 0.717) is 9.79 Å². The lowest BCUT2D eigenvalue weighted by molar-refractivity contribution is 0.911. The Morgan fingerprint density at radius 2 is 1.67 bits per heavy atom. The van der Waals surface area contributed by atoms with E-state index in [4.69, 9.17) is 23.8 Å².